The second-order valence-electron chi connectivity index (χ2n) is 8.94. The van der Waals surface area contributed by atoms with Crippen LogP contribution in [-0.2, 0) is 19.5 Å². The van der Waals surface area contributed by atoms with E-state index in [0.717, 1.165) is 70.7 Å². The summed E-state index contributed by atoms with van der Waals surface area (Å²) in [5, 5.41) is 0. The molecule has 8 bridgehead atoms. The number of H-pyrrole nitrogens is 2. The van der Waals surface area contributed by atoms with Crippen LogP contribution in [0.4, 0.5) is 0 Å². The number of halogens is 1. The van der Waals surface area contributed by atoms with Crippen LogP contribution in [0.5, 0.6) is 0 Å². The van der Waals surface area contributed by atoms with Gasteiger partial charge in [-0.15, -0.1) is 6.07 Å². The number of aromatic nitrogens is 4. The van der Waals surface area contributed by atoms with Gasteiger partial charge in [0, 0.05) is 30.6 Å². The molecule has 3 aromatic heterocycles. The summed E-state index contributed by atoms with van der Waals surface area (Å²) in [4.78, 5) is 17.3. The molecule has 2 aromatic carbocycles. The van der Waals surface area contributed by atoms with Crippen LogP contribution in [0.3, 0.4) is 0 Å². The van der Waals surface area contributed by atoms with Crippen LogP contribution in [0.25, 0.3) is 68.6 Å². The van der Waals surface area contributed by atoms with E-state index in [1.807, 2.05) is 18.2 Å². The minimum absolute atomic E-state index is 0. The first-order chi connectivity index (χ1) is 18.2. The number of aromatic amines is 2. The fourth-order valence-corrected chi connectivity index (χ4v) is 5.45. The van der Waals surface area contributed by atoms with Crippen LogP contribution in [0.15, 0.2) is 84.9 Å². The molecule has 0 unspecified atom stereocenters. The summed E-state index contributed by atoms with van der Waals surface area (Å²) >= 11 is 2.36. The molecule has 178 valence electrons. The van der Waals surface area contributed by atoms with E-state index in [2.05, 4.69) is 130 Å². The molecule has 0 saturated carbocycles. The number of hydrogen-bond donors (Lipinski definition) is 2. The number of benzene rings is 2. The van der Waals surface area contributed by atoms with Gasteiger partial charge in [0.15, 0.2) is 0 Å². The van der Waals surface area contributed by atoms with Gasteiger partial charge in [-0.25, -0.2) is 9.97 Å². The summed E-state index contributed by atoms with van der Waals surface area (Å²) in [6, 6.07) is 32.5. The third-order valence-corrected chi connectivity index (χ3v) is 7.66. The Morgan fingerprint density at radius 1 is 0.605 bits per heavy atom. The van der Waals surface area contributed by atoms with Gasteiger partial charge in [-0.05, 0) is 81.2 Å². The van der Waals surface area contributed by atoms with Crippen LogP contribution >= 0.6 is 22.6 Å². The van der Waals surface area contributed by atoms with Crippen molar-refractivity contribution in [1.29, 1.82) is 0 Å². The molecule has 5 aromatic rings. The summed E-state index contributed by atoms with van der Waals surface area (Å²) in [5.41, 5.74) is 11.9. The van der Waals surface area contributed by atoms with Gasteiger partial charge in [0.1, 0.15) is 0 Å². The number of hydrogen-bond acceptors (Lipinski definition) is 2. The Balaban J connectivity index is 0.00000264. The Kier molecular flexibility index (Phi) is 6.68. The Bertz CT molecular complexity index is 1750. The monoisotopic (exact) mass is 651 g/mol. The SMILES string of the molecule is Ic1c2nc(c(-c3ccccc3)c3c[c-]c(cc4ccc([nH]4)c(-c4ccccc4)c4nc1C=C4)[nH]3)C=C2.[Zn]. The molecule has 4 nitrogen and oxygen atoms in total. The van der Waals surface area contributed by atoms with Gasteiger partial charge in [0.2, 0.25) is 0 Å². The molecular weight excluding hydrogens is 633 g/mol. The van der Waals surface area contributed by atoms with E-state index in [-0.39, 0.29) is 19.5 Å². The molecule has 2 aliphatic heterocycles. The fraction of sp³-hybridized carbons (Fsp3) is 0. The zero-order valence-electron chi connectivity index (χ0n) is 20.4. The van der Waals surface area contributed by atoms with Gasteiger partial charge >= 0.3 is 0 Å². The van der Waals surface area contributed by atoms with E-state index in [0.29, 0.717) is 0 Å². The van der Waals surface area contributed by atoms with E-state index in [1.165, 1.54) is 0 Å². The van der Waals surface area contributed by atoms with Crippen molar-refractivity contribution in [3.05, 3.63) is 117 Å². The van der Waals surface area contributed by atoms with Gasteiger partial charge in [0.25, 0.3) is 0 Å². The van der Waals surface area contributed by atoms with Crippen molar-refractivity contribution < 1.29 is 19.5 Å². The predicted molar refractivity (Wildman–Crippen MR) is 161 cm³/mol. The van der Waals surface area contributed by atoms with Crippen molar-refractivity contribution in [2.24, 2.45) is 0 Å². The molecule has 0 spiro atoms. The smallest absolute Gasteiger partial charge is 0.0793 e. The Hall–Kier alpha value is -3.61. The largest absolute Gasteiger partial charge is 0.427 e. The minimum Gasteiger partial charge on any atom is -0.427 e. The second-order valence-corrected chi connectivity index (χ2v) is 10.0. The summed E-state index contributed by atoms with van der Waals surface area (Å²) < 4.78 is 1.02. The van der Waals surface area contributed by atoms with Crippen molar-refractivity contribution >= 4 is 69.0 Å². The first-order valence-electron chi connectivity index (χ1n) is 12.0. The molecule has 7 rings (SSSR count). The number of rotatable bonds is 2. The molecule has 0 amide bonds. The number of nitrogens with one attached hydrogen (secondary N) is 2. The first kappa shape index (κ1) is 24.7. The standard InChI is InChI=1S/C32H20IN4.Zn/c33-32-28-17-15-26(36-28)30(20-7-3-1-4-8-20)24-13-11-22(34-24)19-23-12-14-25(35-23)31(21-9-5-2-6-10-21)27-16-18-29(32)37-27;/h1-11,13-19,34-35H;/q-1;. The van der Waals surface area contributed by atoms with Crippen LogP contribution in [0.2, 0.25) is 0 Å². The predicted octanol–water partition coefficient (Wildman–Crippen LogP) is 8.39. The average Bonchev–Trinajstić information content (AvgIpc) is 3.74. The van der Waals surface area contributed by atoms with E-state index in [9.17, 15) is 0 Å². The quantitative estimate of drug-likeness (QED) is 0.112. The second kappa shape index (κ2) is 10.3. The molecule has 5 heterocycles. The van der Waals surface area contributed by atoms with Crippen molar-refractivity contribution in [1.82, 2.24) is 19.9 Å². The van der Waals surface area contributed by atoms with E-state index in [1.54, 1.807) is 0 Å². The molecule has 0 saturated heterocycles. The molecule has 38 heavy (non-hydrogen) atoms. The van der Waals surface area contributed by atoms with Gasteiger partial charge in [-0.3, -0.25) is 0 Å². The maximum atomic E-state index is 5.06. The van der Waals surface area contributed by atoms with Gasteiger partial charge in [-0.1, -0.05) is 71.7 Å². The summed E-state index contributed by atoms with van der Waals surface area (Å²) in [6.45, 7) is 0. The van der Waals surface area contributed by atoms with E-state index < -0.39 is 0 Å². The summed E-state index contributed by atoms with van der Waals surface area (Å²) in [5.74, 6) is 0. The van der Waals surface area contributed by atoms with E-state index >= 15 is 0 Å². The third kappa shape index (κ3) is 4.48. The topological polar surface area (TPSA) is 57.4 Å². The maximum Gasteiger partial charge on any atom is 0.0793 e. The first-order valence-corrected chi connectivity index (χ1v) is 13.1. The van der Waals surface area contributed by atoms with Gasteiger partial charge in [0.05, 0.1) is 26.3 Å². The van der Waals surface area contributed by atoms with Crippen molar-refractivity contribution in [3.63, 3.8) is 0 Å². The molecule has 6 heteroatoms. The van der Waals surface area contributed by atoms with E-state index in [4.69, 9.17) is 9.97 Å². The minimum atomic E-state index is 0. The molecule has 0 aliphatic carbocycles. The molecule has 2 aliphatic rings. The number of fused-ring (bicyclic) bond motifs is 8. The van der Waals surface area contributed by atoms with Crippen LogP contribution in [-0.4, -0.2) is 19.9 Å². The number of nitrogens with zero attached hydrogens (tertiary/aromatic N) is 2. The summed E-state index contributed by atoms with van der Waals surface area (Å²) in [6.07, 6.45) is 8.33. The Labute approximate surface area is 246 Å². The molecule has 0 radical (unpaired) electrons. The van der Waals surface area contributed by atoms with Gasteiger partial charge in [-0.2, -0.15) is 12.1 Å². The van der Waals surface area contributed by atoms with Gasteiger partial charge < -0.3 is 9.97 Å². The third-order valence-electron chi connectivity index (χ3n) is 6.56. The zero-order valence-corrected chi connectivity index (χ0v) is 25.5. The molecule has 2 N–H and O–H groups in total. The van der Waals surface area contributed by atoms with Crippen LogP contribution < -0.4 is 0 Å². The molecular formula is C32H20IN4Zn-. The molecule has 0 atom stereocenters. The van der Waals surface area contributed by atoms with Crippen molar-refractivity contribution in [2.45, 2.75) is 0 Å². The zero-order chi connectivity index (χ0) is 24.8. The normalized spacial score (nSPS) is 11.9. The fourth-order valence-electron chi connectivity index (χ4n) is 4.85. The summed E-state index contributed by atoms with van der Waals surface area (Å²) in [7, 11) is 0. The van der Waals surface area contributed by atoms with Crippen molar-refractivity contribution in [2.75, 3.05) is 0 Å². The Morgan fingerprint density at radius 2 is 1.16 bits per heavy atom. The average molecular weight is 653 g/mol. The maximum absolute atomic E-state index is 5.06. The van der Waals surface area contributed by atoms with Crippen molar-refractivity contribution in [3.8, 4) is 22.3 Å². The molecule has 0 fully saturated rings. The van der Waals surface area contributed by atoms with Crippen LogP contribution in [0.1, 0.15) is 22.8 Å². The Morgan fingerprint density at radius 3 is 1.76 bits per heavy atom. The van der Waals surface area contributed by atoms with Crippen LogP contribution in [0, 0.1) is 9.64 Å².